The van der Waals surface area contributed by atoms with Crippen molar-refractivity contribution < 1.29 is 23.9 Å². The Kier molecular flexibility index (Phi) is 5.96. The molecule has 0 aromatic carbocycles. The summed E-state index contributed by atoms with van der Waals surface area (Å²) < 4.78 is 9.98. The SMILES string of the molecule is COC(=O)C1CCN(C(=O)COC(=O)c2cc3c(s2)CC[C@H](C)C3)CC1. The second kappa shape index (κ2) is 8.20. The van der Waals surface area contributed by atoms with Crippen molar-refractivity contribution in [3.63, 3.8) is 0 Å². The molecule has 1 fully saturated rings. The van der Waals surface area contributed by atoms with Gasteiger partial charge in [-0.2, -0.15) is 0 Å². The first-order valence-corrected chi connectivity index (χ1v) is 9.94. The first-order chi connectivity index (χ1) is 12.5. The number of fused-ring (bicyclic) bond motifs is 1. The van der Waals surface area contributed by atoms with E-state index in [4.69, 9.17) is 9.47 Å². The lowest BCUT2D eigenvalue weighted by Crippen LogP contribution is -2.42. The van der Waals surface area contributed by atoms with Crippen LogP contribution in [0.4, 0.5) is 0 Å². The van der Waals surface area contributed by atoms with Gasteiger partial charge in [0.05, 0.1) is 13.0 Å². The van der Waals surface area contributed by atoms with Crippen molar-refractivity contribution in [3.05, 3.63) is 21.4 Å². The molecular formula is C19H25NO5S. The number of rotatable bonds is 4. The van der Waals surface area contributed by atoms with Gasteiger partial charge in [-0.05, 0) is 49.7 Å². The van der Waals surface area contributed by atoms with Crippen LogP contribution in [0.15, 0.2) is 6.07 Å². The first-order valence-electron chi connectivity index (χ1n) is 9.12. The minimum absolute atomic E-state index is 0.147. The fourth-order valence-electron chi connectivity index (χ4n) is 3.63. The summed E-state index contributed by atoms with van der Waals surface area (Å²) in [6.07, 6.45) is 4.35. The maximum absolute atomic E-state index is 12.3. The van der Waals surface area contributed by atoms with Crippen molar-refractivity contribution >= 4 is 29.2 Å². The largest absolute Gasteiger partial charge is 0.469 e. The third-order valence-electron chi connectivity index (χ3n) is 5.24. The number of hydrogen-bond acceptors (Lipinski definition) is 6. The quantitative estimate of drug-likeness (QED) is 0.752. The minimum atomic E-state index is -0.421. The molecule has 0 unspecified atom stereocenters. The first kappa shape index (κ1) is 18.9. The average Bonchev–Trinajstić information content (AvgIpc) is 3.08. The molecule has 1 atom stereocenters. The molecule has 2 aliphatic rings. The van der Waals surface area contributed by atoms with Gasteiger partial charge in [-0.15, -0.1) is 11.3 Å². The number of likely N-dealkylation sites (tertiary alicyclic amines) is 1. The summed E-state index contributed by atoms with van der Waals surface area (Å²) in [5, 5.41) is 0. The number of nitrogens with zero attached hydrogens (tertiary/aromatic N) is 1. The minimum Gasteiger partial charge on any atom is -0.469 e. The summed E-state index contributed by atoms with van der Waals surface area (Å²) in [7, 11) is 1.38. The molecule has 6 nitrogen and oxygen atoms in total. The standard InChI is InChI=1S/C19H25NO5S/c1-12-3-4-15-14(9-12)10-16(26-15)19(23)25-11-17(21)20-7-5-13(6-8-20)18(22)24-2/h10,12-13H,3-9,11H2,1-2H3/t12-/m0/s1. The lowest BCUT2D eigenvalue weighted by Gasteiger charge is -2.30. The van der Waals surface area contributed by atoms with Gasteiger partial charge in [-0.3, -0.25) is 9.59 Å². The molecule has 1 aliphatic carbocycles. The van der Waals surface area contributed by atoms with Crippen LogP contribution >= 0.6 is 11.3 Å². The average molecular weight is 379 g/mol. The van der Waals surface area contributed by atoms with Gasteiger partial charge in [-0.25, -0.2) is 4.79 Å². The molecule has 0 bridgehead atoms. The highest BCUT2D eigenvalue weighted by Crippen LogP contribution is 2.32. The Morgan fingerprint density at radius 1 is 1.23 bits per heavy atom. The van der Waals surface area contributed by atoms with Gasteiger partial charge in [0.25, 0.3) is 5.91 Å². The molecule has 142 valence electrons. The van der Waals surface area contributed by atoms with Gasteiger partial charge < -0.3 is 14.4 Å². The number of esters is 2. The topological polar surface area (TPSA) is 72.9 Å². The van der Waals surface area contributed by atoms with Crippen molar-refractivity contribution in [2.75, 3.05) is 26.8 Å². The Morgan fingerprint density at radius 3 is 2.65 bits per heavy atom. The van der Waals surface area contributed by atoms with E-state index < -0.39 is 5.97 Å². The summed E-state index contributed by atoms with van der Waals surface area (Å²) >= 11 is 1.49. The molecule has 2 heterocycles. The van der Waals surface area contributed by atoms with Crippen LogP contribution in [0, 0.1) is 11.8 Å². The predicted octanol–water partition coefficient (Wildman–Crippen LogP) is 2.44. The number of hydrogen-bond donors (Lipinski definition) is 0. The zero-order valence-corrected chi connectivity index (χ0v) is 16.1. The van der Waals surface area contributed by atoms with E-state index in [9.17, 15) is 14.4 Å². The van der Waals surface area contributed by atoms with E-state index >= 15 is 0 Å². The maximum Gasteiger partial charge on any atom is 0.348 e. The number of ether oxygens (including phenoxy) is 2. The molecule has 0 saturated carbocycles. The summed E-state index contributed by atoms with van der Waals surface area (Å²) in [4.78, 5) is 39.5. The van der Waals surface area contributed by atoms with Crippen LogP contribution in [0.3, 0.4) is 0 Å². The highest BCUT2D eigenvalue weighted by Gasteiger charge is 2.28. The van der Waals surface area contributed by atoms with E-state index in [1.54, 1.807) is 4.90 Å². The Labute approximate surface area is 157 Å². The van der Waals surface area contributed by atoms with Gasteiger partial charge in [0.15, 0.2) is 6.61 Å². The molecule has 0 spiro atoms. The summed E-state index contributed by atoms with van der Waals surface area (Å²) in [5.74, 6) is -0.354. The van der Waals surface area contributed by atoms with Crippen LogP contribution in [-0.2, 0) is 31.9 Å². The van der Waals surface area contributed by atoms with Crippen LogP contribution in [0.5, 0.6) is 0 Å². The van der Waals surface area contributed by atoms with E-state index in [1.807, 2.05) is 6.07 Å². The van der Waals surface area contributed by atoms with E-state index in [0.29, 0.717) is 36.7 Å². The van der Waals surface area contributed by atoms with E-state index in [2.05, 4.69) is 6.92 Å². The van der Waals surface area contributed by atoms with Crippen molar-refractivity contribution in [2.45, 2.75) is 39.0 Å². The molecule has 1 aliphatic heterocycles. The van der Waals surface area contributed by atoms with E-state index in [0.717, 1.165) is 19.3 Å². The fourth-order valence-corrected chi connectivity index (χ4v) is 4.73. The second-order valence-electron chi connectivity index (χ2n) is 7.16. The second-order valence-corrected chi connectivity index (χ2v) is 8.30. The summed E-state index contributed by atoms with van der Waals surface area (Å²) in [6.45, 7) is 2.95. The lowest BCUT2D eigenvalue weighted by molar-refractivity contribution is -0.149. The molecule has 1 aromatic heterocycles. The zero-order valence-electron chi connectivity index (χ0n) is 15.3. The van der Waals surface area contributed by atoms with Gasteiger partial charge >= 0.3 is 11.9 Å². The highest BCUT2D eigenvalue weighted by molar-refractivity contribution is 7.14. The van der Waals surface area contributed by atoms with Crippen LogP contribution < -0.4 is 0 Å². The lowest BCUT2D eigenvalue weighted by atomic mass is 9.90. The van der Waals surface area contributed by atoms with E-state index in [-0.39, 0.29) is 24.4 Å². The molecule has 7 heteroatoms. The molecule has 0 N–H and O–H groups in total. The Balaban J connectivity index is 1.48. The number of amides is 1. The molecule has 3 rings (SSSR count). The van der Waals surface area contributed by atoms with Crippen LogP contribution in [0.25, 0.3) is 0 Å². The monoisotopic (exact) mass is 379 g/mol. The van der Waals surface area contributed by atoms with Gasteiger partial charge in [0, 0.05) is 18.0 Å². The number of carbonyl (C=O) groups is 3. The molecule has 1 amide bonds. The zero-order chi connectivity index (χ0) is 18.7. The number of methoxy groups -OCH3 is 1. The Hall–Kier alpha value is -1.89. The molecule has 1 aromatic rings. The van der Waals surface area contributed by atoms with Gasteiger partial charge in [-0.1, -0.05) is 6.92 Å². The van der Waals surface area contributed by atoms with Crippen molar-refractivity contribution in [3.8, 4) is 0 Å². The number of thiophene rings is 1. The van der Waals surface area contributed by atoms with E-state index in [1.165, 1.54) is 28.9 Å². The van der Waals surface area contributed by atoms with Crippen molar-refractivity contribution in [2.24, 2.45) is 11.8 Å². The fraction of sp³-hybridized carbons (Fsp3) is 0.632. The van der Waals surface area contributed by atoms with Crippen LogP contribution in [-0.4, -0.2) is 49.6 Å². The summed E-state index contributed by atoms with van der Waals surface area (Å²) in [5.41, 5.74) is 1.25. The Bertz CT molecular complexity index is 690. The van der Waals surface area contributed by atoms with Gasteiger partial charge in [0.1, 0.15) is 4.88 Å². The number of aryl methyl sites for hydroxylation is 1. The van der Waals surface area contributed by atoms with Crippen LogP contribution in [0.2, 0.25) is 0 Å². The van der Waals surface area contributed by atoms with Crippen molar-refractivity contribution in [1.82, 2.24) is 4.90 Å². The maximum atomic E-state index is 12.3. The highest BCUT2D eigenvalue weighted by atomic mass is 32.1. The third kappa shape index (κ3) is 4.26. The third-order valence-corrected chi connectivity index (χ3v) is 6.46. The molecule has 26 heavy (non-hydrogen) atoms. The van der Waals surface area contributed by atoms with Gasteiger partial charge in [0.2, 0.25) is 0 Å². The molecular weight excluding hydrogens is 354 g/mol. The number of carbonyl (C=O) groups excluding carboxylic acids is 3. The van der Waals surface area contributed by atoms with Crippen molar-refractivity contribution in [1.29, 1.82) is 0 Å². The number of piperidine rings is 1. The molecule has 1 saturated heterocycles. The summed E-state index contributed by atoms with van der Waals surface area (Å²) in [6, 6.07) is 1.92. The smallest absolute Gasteiger partial charge is 0.348 e. The predicted molar refractivity (Wildman–Crippen MR) is 97.1 cm³/mol. The van der Waals surface area contributed by atoms with Crippen LogP contribution in [0.1, 0.15) is 46.3 Å². The molecule has 0 radical (unpaired) electrons. The Morgan fingerprint density at radius 2 is 1.96 bits per heavy atom. The normalized spacial score (nSPS) is 20.4.